The molecule has 0 fully saturated rings. The second-order valence-electron chi connectivity index (χ2n) is 5.44. The second-order valence-corrected chi connectivity index (χ2v) is 5.44. The van der Waals surface area contributed by atoms with E-state index in [1.807, 2.05) is 32.1 Å². The summed E-state index contributed by atoms with van der Waals surface area (Å²) in [4.78, 5) is 15.2. The average molecular weight is 344 g/mol. The van der Waals surface area contributed by atoms with E-state index in [4.69, 9.17) is 9.47 Å². The molecule has 0 saturated carbocycles. The normalized spacial score (nSPS) is 12.0. The van der Waals surface area contributed by atoms with Gasteiger partial charge in [0.15, 0.2) is 0 Å². The molecule has 0 spiro atoms. The van der Waals surface area contributed by atoms with Crippen molar-refractivity contribution in [2.24, 2.45) is 0 Å². The molecule has 1 aromatic carbocycles. The van der Waals surface area contributed by atoms with Gasteiger partial charge in [0.05, 0.1) is 6.61 Å². The Morgan fingerprint density at radius 1 is 1.32 bits per heavy atom. The van der Waals surface area contributed by atoms with Gasteiger partial charge in [0, 0.05) is 43.4 Å². The fourth-order valence-corrected chi connectivity index (χ4v) is 2.14. The van der Waals surface area contributed by atoms with Gasteiger partial charge in [-0.1, -0.05) is 12.2 Å². The van der Waals surface area contributed by atoms with E-state index >= 15 is 0 Å². The number of aromatic nitrogens is 1. The van der Waals surface area contributed by atoms with Crippen LogP contribution in [0.3, 0.4) is 0 Å². The maximum Gasteiger partial charge on any atom is 0.219 e. The lowest BCUT2D eigenvalue weighted by atomic mass is 10.2. The Morgan fingerprint density at radius 3 is 2.72 bits per heavy atom. The number of carbonyl (C=O) groups excluding carboxylic acids is 1. The van der Waals surface area contributed by atoms with Crippen LogP contribution in [0, 0.1) is 5.82 Å². The maximum absolute atomic E-state index is 13.6. The van der Waals surface area contributed by atoms with Crippen molar-refractivity contribution in [3.8, 4) is 17.4 Å². The lowest BCUT2D eigenvalue weighted by molar-refractivity contribution is -0.119. The molecule has 1 N–H and O–H groups in total. The zero-order valence-corrected chi connectivity index (χ0v) is 14.5. The molecule has 0 aliphatic carbocycles. The van der Waals surface area contributed by atoms with Gasteiger partial charge < -0.3 is 14.8 Å². The highest BCUT2D eigenvalue weighted by Gasteiger charge is 2.05. The number of rotatable bonds is 7. The van der Waals surface area contributed by atoms with Crippen LogP contribution in [0.2, 0.25) is 0 Å². The third-order valence-electron chi connectivity index (χ3n) is 3.15. The highest BCUT2D eigenvalue weighted by Crippen LogP contribution is 2.26. The Morgan fingerprint density at radius 2 is 2.08 bits per heavy atom. The molecule has 0 radical (unpaired) electrons. The molecule has 1 aromatic heterocycles. The molecule has 5 nitrogen and oxygen atoms in total. The van der Waals surface area contributed by atoms with Crippen molar-refractivity contribution in [3.05, 3.63) is 54.0 Å². The van der Waals surface area contributed by atoms with Crippen molar-refractivity contribution in [1.82, 2.24) is 10.3 Å². The zero-order chi connectivity index (χ0) is 18.2. The number of carbonyl (C=O) groups is 1. The third-order valence-corrected chi connectivity index (χ3v) is 3.15. The van der Waals surface area contributed by atoms with Crippen molar-refractivity contribution in [1.29, 1.82) is 0 Å². The molecular formula is C19H21FN2O3. The summed E-state index contributed by atoms with van der Waals surface area (Å²) >= 11 is 0. The zero-order valence-electron chi connectivity index (χ0n) is 14.5. The van der Waals surface area contributed by atoms with E-state index in [9.17, 15) is 9.18 Å². The van der Waals surface area contributed by atoms with Gasteiger partial charge in [-0.25, -0.2) is 9.37 Å². The van der Waals surface area contributed by atoms with E-state index < -0.39 is 5.82 Å². The summed E-state index contributed by atoms with van der Waals surface area (Å²) in [6, 6.07) is 7.62. The Bertz CT molecular complexity index is 745. The Kier molecular flexibility index (Phi) is 6.51. The summed E-state index contributed by atoms with van der Waals surface area (Å²) < 4.78 is 24.4. The molecule has 6 heteroatoms. The highest BCUT2D eigenvalue weighted by molar-refractivity contribution is 5.73. The van der Waals surface area contributed by atoms with E-state index in [0.717, 1.165) is 5.56 Å². The molecule has 1 amide bonds. The molecule has 0 saturated heterocycles. The average Bonchev–Trinajstić information content (AvgIpc) is 2.53. The summed E-state index contributed by atoms with van der Waals surface area (Å²) in [6.45, 7) is 5.62. The molecule has 1 atom stereocenters. The summed E-state index contributed by atoms with van der Waals surface area (Å²) in [6.07, 6.45) is 5.35. The van der Waals surface area contributed by atoms with Crippen molar-refractivity contribution >= 4 is 12.0 Å². The molecular weight excluding hydrogens is 323 g/mol. The predicted molar refractivity (Wildman–Crippen MR) is 94.2 cm³/mol. The summed E-state index contributed by atoms with van der Waals surface area (Å²) in [5.41, 5.74) is 0.860. The minimum atomic E-state index is -0.438. The van der Waals surface area contributed by atoms with E-state index in [0.29, 0.717) is 24.0 Å². The number of halogens is 1. The number of hydrogen-bond acceptors (Lipinski definition) is 4. The van der Waals surface area contributed by atoms with Crippen LogP contribution in [0.1, 0.15) is 26.3 Å². The van der Waals surface area contributed by atoms with Crippen molar-refractivity contribution in [3.63, 3.8) is 0 Å². The number of benzene rings is 1. The largest absolute Gasteiger partial charge is 0.494 e. The molecule has 25 heavy (non-hydrogen) atoms. The lowest BCUT2D eigenvalue weighted by Crippen LogP contribution is -2.28. The fourth-order valence-electron chi connectivity index (χ4n) is 2.14. The molecule has 2 rings (SSSR count). The Labute approximate surface area is 146 Å². The predicted octanol–water partition coefficient (Wildman–Crippen LogP) is 3.95. The first-order valence-corrected chi connectivity index (χ1v) is 7.99. The minimum absolute atomic E-state index is 0.0716. The van der Waals surface area contributed by atoms with Crippen LogP contribution < -0.4 is 14.8 Å². The van der Waals surface area contributed by atoms with Crippen LogP contribution in [0.25, 0.3) is 6.08 Å². The molecule has 2 aromatic rings. The highest BCUT2D eigenvalue weighted by atomic mass is 19.1. The SMILES string of the molecule is CCOc1cc(F)cc(Oc2ccc(/C=C/[C@H](C)NC(C)=O)cn2)c1. The van der Waals surface area contributed by atoms with E-state index in [1.165, 1.54) is 19.1 Å². The van der Waals surface area contributed by atoms with Crippen LogP contribution in [0.4, 0.5) is 4.39 Å². The van der Waals surface area contributed by atoms with Gasteiger partial charge in [0.1, 0.15) is 17.3 Å². The topological polar surface area (TPSA) is 60.5 Å². The number of hydrogen-bond donors (Lipinski definition) is 1. The maximum atomic E-state index is 13.6. The van der Waals surface area contributed by atoms with E-state index in [-0.39, 0.29) is 11.9 Å². The van der Waals surface area contributed by atoms with Gasteiger partial charge in [0.2, 0.25) is 11.8 Å². The summed E-state index contributed by atoms with van der Waals surface area (Å²) in [5.74, 6) is 0.552. The first kappa shape index (κ1) is 18.4. The first-order chi connectivity index (χ1) is 12.0. The fraction of sp³-hybridized carbons (Fsp3) is 0.263. The first-order valence-electron chi connectivity index (χ1n) is 7.99. The van der Waals surface area contributed by atoms with Crippen LogP contribution in [-0.2, 0) is 4.79 Å². The van der Waals surface area contributed by atoms with E-state index in [1.54, 1.807) is 18.3 Å². The summed E-state index contributed by atoms with van der Waals surface area (Å²) in [7, 11) is 0. The standard InChI is InChI=1S/C19H21FN2O3/c1-4-24-17-9-16(20)10-18(11-17)25-19-8-7-15(12-21-19)6-5-13(2)22-14(3)23/h5-13H,4H2,1-3H3,(H,22,23)/b6-5+/t13-/m0/s1. The number of amides is 1. The molecule has 0 bridgehead atoms. The van der Waals surface area contributed by atoms with Crippen molar-refractivity contribution in [2.75, 3.05) is 6.61 Å². The minimum Gasteiger partial charge on any atom is -0.494 e. The van der Waals surface area contributed by atoms with Crippen LogP contribution >= 0.6 is 0 Å². The number of pyridine rings is 1. The van der Waals surface area contributed by atoms with Gasteiger partial charge >= 0.3 is 0 Å². The molecule has 0 unspecified atom stereocenters. The van der Waals surface area contributed by atoms with Gasteiger partial charge in [-0.15, -0.1) is 0 Å². The van der Waals surface area contributed by atoms with Crippen molar-refractivity contribution in [2.45, 2.75) is 26.8 Å². The lowest BCUT2D eigenvalue weighted by Gasteiger charge is -2.08. The van der Waals surface area contributed by atoms with Crippen LogP contribution in [-0.4, -0.2) is 23.5 Å². The molecule has 0 aliphatic rings. The number of nitrogens with zero attached hydrogens (tertiary/aromatic N) is 1. The summed E-state index contributed by atoms with van der Waals surface area (Å²) in [5, 5.41) is 2.76. The Hall–Kier alpha value is -2.89. The molecule has 132 valence electrons. The van der Waals surface area contributed by atoms with E-state index in [2.05, 4.69) is 10.3 Å². The number of nitrogens with one attached hydrogen (secondary N) is 1. The molecule has 1 heterocycles. The van der Waals surface area contributed by atoms with Gasteiger partial charge in [-0.05, 0) is 25.5 Å². The molecule has 0 aliphatic heterocycles. The van der Waals surface area contributed by atoms with Gasteiger partial charge in [-0.2, -0.15) is 0 Å². The van der Waals surface area contributed by atoms with Crippen LogP contribution in [0.5, 0.6) is 17.4 Å². The quantitative estimate of drug-likeness (QED) is 0.826. The van der Waals surface area contributed by atoms with Gasteiger partial charge in [0.25, 0.3) is 0 Å². The smallest absolute Gasteiger partial charge is 0.219 e. The third kappa shape index (κ3) is 6.25. The monoisotopic (exact) mass is 344 g/mol. The Balaban J connectivity index is 2.03. The van der Waals surface area contributed by atoms with Crippen LogP contribution in [0.15, 0.2) is 42.6 Å². The number of ether oxygens (including phenoxy) is 2. The second kappa shape index (κ2) is 8.82. The van der Waals surface area contributed by atoms with Crippen molar-refractivity contribution < 1.29 is 18.7 Å². The van der Waals surface area contributed by atoms with Gasteiger partial charge in [-0.3, -0.25) is 4.79 Å².